The molecule has 5 nitrogen and oxygen atoms in total. The van der Waals surface area contributed by atoms with Gasteiger partial charge in [-0.15, -0.1) is 0 Å². The van der Waals surface area contributed by atoms with Gasteiger partial charge in [0.05, 0.1) is 4.90 Å². The van der Waals surface area contributed by atoms with Crippen molar-refractivity contribution in [2.75, 3.05) is 18.0 Å². The van der Waals surface area contributed by atoms with Crippen LogP contribution in [0.2, 0.25) is 0 Å². The molecule has 1 aliphatic heterocycles. The minimum absolute atomic E-state index is 0.248. The van der Waals surface area contributed by atoms with Crippen LogP contribution in [0, 0.1) is 6.92 Å². The second kappa shape index (κ2) is 7.21. The maximum atomic E-state index is 12.6. The van der Waals surface area contributed by atoms with Crippen molar-refractivity contribution in [3.63, 3.8) is 0 Å². The number of pyridine rings is 1. The van der Waals surface area contributed by atoms with Crippen LogP contribution in [0.3, 0.4) is 0 Å². The molecule has 3 rings (SSSR count). The molecule has 0 atom stereocenters. The summed E-state index contributed by atoms with van der Waals surface area (Å²) >= 11 is 3.33. The number of aryl methyl sites for hydroxylation is 1. The number of hydrogen-bond acceptors (Lipinski definition) is 4. The molecule has 2 heterocycles. The number of halogens is 1. The van der Waals surface area contributed by atoms with Gasteiger partial charge in [-0.3, -0.25) is 0 Å². The molecule has 128 valence electrons. The first-order valence-electron chi connectivity index (χ1n) is 7.91. The van der Waals surface area contributed by atoms with Crippen molar-refractivity contribution in [1.29, 1.82) is 0 Å². The highest BCUT2D eigenvalue weighted by molar-refractivity contribution is 9.10. The first kappa shape index (κ1) is 17.4. The summed E-state index contributed by atoms with van der Waals surface area (Å²) in [7, 11) is -3.56. The Morgan fingerprint density at radius 3 is 2.71 bits per heavy atom. The van der Waals surface area contributed by atoms with Crippen LogP contribution >= 0.6 is 15.9 Å². The maximum absolute atomic E-state index is 12.6. The normalized spacial score (nSPS) is 15.0. The van der Waals surface area contributed by atoms with Crippen LogP contribution in [0.1, 0.15) is 24.0 Å². The number of sulfonamides is 1. The van der Waals surface area contributed by atoms with Gasteiger partial charge in [-0.25, -0.2) is 18.1 Å². The Balaban J connectivity index is 1.75. The van der Waals surface area contributed by atoms with Gasteiger partial charge in [0, 0.05) is 30.3 Å². The molecule has 1 N–H and O–H groups in total. The summed E-state index contributed by atoms with van der Waals surface area (Å²) in [5.74, 6) is 0.919. The highest BCUT2D eigenvalue weighted by atomic mass is 79.9. The quantitative estimate of drug-likeness (QED) is 0.822. The summed E-state index contributed by atoms with van der Waals surface area (Å²) in [4.78, 5) is 6.92. The molecular weight excluding hydrogens is 390 g/mol. The van der Waals surface area contributed by atoms with E-state index < -0.39 is 10.0 Å². The molecule has 24 heavy (non-hydrogen) atoms. The van der Waals surface area contributed by atoms with E-state index in [1.165, 1.54) is 12.8 Å². The van der Waals surface area contributed by atoms with E-state index in [2.05, 4.69) is 30.5 Å². The summed E-state index contributed by atoms with van der Waals surface area (Å²) < 4.78 is 28.6. The second-order valence-corrected chi connectivity index (χ2v) is 8.60. The third-order valence-corrected chi connectivity index (χ3v) is 6.18. The summed E-state index contributed by atoms with van der Waals surface area (Å²) in [6.07, 6.45) is 4.10. The summed E-state index contributed by atoms with van der Waals surface area (Å²) in [6.45, 7) is 4.06. The van der Waals surface area contributed by atoms with E-state index in [4.69, 9.17) is 0 Å². The van der Waals surface area contributed by atoms with E-state index in [1.54, 1.807) is 25.3 Å². The van der Waals surface area contributed by atoms with Gasteiger partial charge in [0.1, 0.15) is 5.82 Å². The molecule has 1 fully saturated rings. The number of anilines is 1. The van der Waals surface area contributed by atoms with E-state index in [1.807, 2.05) is 18.2 Å². The molecule has 0 bridgehead atoms. The lowest BCUT2D eigenvalue weighted by atomic mass is 10.2. The monoisotopic (exact) mass is 409 g/mol. The van der Waals surface area contributed by atoms with Gasteiger partial charge in [0.2, 0.25) is 10.0 Å². The van der Waals surface area contributed by atoms with Gasteiger partial charge in [-0.1, -0.05) is 22.0 Å². The van der Waals surface area contributed by atoms with Crippen LogP contribution in [-0.4, -0.2) is 26.5 Å². The Labute approximate surface area is 151 Å². The number of nitrogens with one attached hydrogen (secondary N) is 1. The van der Waals surface area contributed by atoms with Gasteiger partial charge in [0.25, 0.3) is 0 Å². The van der Waals surface area contributed by atoms with Crippen molar-refractivity contribution in [3.8, 4) is 0 Å². The van der Waals surface area contributed by atoms with Gasteiger partial charge in [-0.05, 0) is 55.2 Å². The highest BCUT2D eigenvalue weighted by Gasteiger charge is 2.18. The summed E-state index contributed by atoms with van der Waals surface area (Å²) in [5.41, 5.74) is 1.63. The van der Waals surface area contributed by atoms with Crippen LogP contribution < -0.4 is 9.62 Å². The van der Waals surface area contributed by atoms with E-state index >= 15 is 0 Å². The lowest BCUT2D eigenvalue weighted by molar-refractivity contribution is 0.580. The Morgan fingerprint density at radius 2 is 1.96 bits per heavy atom. The summed E-state index contributed by atoms with van der Waals surface area (Å²) in [6, 6.07) is 9.05. The van der Waals surface area contributed by atoms with Crippen molar-refractivity contribution in [2.24, 2.45) is 0 Å². The average Bonchev–Trinajstić information content (AvgIpc) is 3.10. The first-order valence-corrected chi connectivity index (χ1v) is 10.2. The molecule has 2 aromatic rings. The maximum Gasteiger partial charge on any atom is 0.241 e. The van der Waals surface area contributed by atoms with Crippen LogP contribution in [-0.2, 0) is 16.6 Å². The van der Waals surface area contributed by atoms with E-state index in [0.29, 0.717) is 4.90 Å². The molecule has 0 aliphatic carbocycles. The van der Waals surface area contributed by atoms with Crippen LogP contribution in [0.4, 0.5) is 5.82 Å². The average molecular weight is 410 g/mol. The van der Waals surface area contributed by atoms with Gasteiger partial charge in [0.15, 0.2) is 0 Å². The van der Waals surface area contributed by atoms with Crippen molar-refractivity contribution in [2.45, 2.75) is 31.2 Å². The fraction of sp³-hybridized carbons (Fsp3) is 0.353. The van der Waals surface area contributed by atoms with Crippen molar-refractivity contribution in [3.05, 3.63) is 52.1 Å². The topological polar surface area (TPSA) is 62.3 Å². The van der Waals surface area contributed by atoms with Gasteiger partial charge < -0.3 is 4.90 Å². The molecule has 1 aromatic heterocycles. The Kier molecular flexibility index (Phi) is 5.22. The van der Waals surface area contributed by atoms with E-state index in [0.717, 1.165) is 34.5 Å². The van der Waals surface area contributed by atoms with E-state index in [-0.39, 0.29) is 6.54 Å². The largest absolute Gasteiger partial charge is 0.357 e. The molecule has 1 aromatic carbocycles. The van der Waals surface area contributed by atoms with Crippen molar-refractivity contribution >= 4 is 31.8 Å². The smallest absolute Gasteiger partial charge is 0.241 e. The second-order valence-electron chi connectivity index (χ2n) is 5.95. The zero-order valence-electron chi connectivity index (χ0n) is 13.5. The van der Waals surface area contributed by atoms with Crippen LogP contribution in [0.15, 0.2) is 45.9 Å². The minimum atomic E-state index is -3.56. The molecule has 7 heteroatoms. The van der Waals surface area contributed by atoms with Gasteiger partial charge in [-0.2, -0.15) is 0 Å². The number of aromatic nitrogens is 1. The molecule has 1 saturated heterocycles. The lowest BCUT2D eigenvalue weighted by Crippen LogP contribution is -2.24. The molecular formula is C17H20BrN3O2S. The van der Waals surface area contributed by atoms with Crippen molar-refractivity contribution in [1.82, 2.24) is 9.71 Å². The molecule has 0 unspecified atom stereocenters. The fourth-order valence-corrected chi connectivity index (χ4v) is 4.61. The first-order chi connectivity index (χ1) is 11.5. The minimum Gasteiger partial charge on any atom is -0.357 e. The SMILES string of the molecule is Cc1ccc(Br)cc1S(=O)(=O)NCc1ccnc(N2CCCC2)c1. The van der Waals surface area contributed by atoms with Crippen LogP contribution in [0.5, 0.6) is 0 Å². The lowest BCUT2D eigenvalue weighted by Gasteiger charge is -2.17. The van der Waals surface area contributed by atoms with Crippen molar-refractivity contribution < 1.29 is 8.42 Å². The molecule has 0 saturated carbocycles. The zero-order valence-corrected chi connectivity index (χ0v) is 15.9. The zero-order chi connectivity index (χ0) is 17.2. The summed E-state index contributed by atoms with van der Waals surface area (Å²) in [5, 5.41) is 0. The third-order valence-electron chi connectivity index (χ3n) is 4.15. The molecule has 0 radical (unpaired) electrons. The Bertz CT molecular complexity index is 833. The van der Waals surface area contributed by atoms with Gasteiger partial charge >= 0.3 is 0 Å². The molecule has 0 amide bonds. The standard InChI is InChI=1S/C17H20BrN3O2S/c1-13-4-5-15(18)11-16(13)24(22,23)20-12-14-6-7-19-17(10-14)21-8-2-3-9-21/h4-7,10-11,20H,2-3,8-9,12H2,1H3. The molecule has 1 aliphatic rings. The predicted octanol–water partition coefficient (Wildman–Crippen LogP) is 3.23. The number of nitrogens with zero attached hydrogens (tertiary/aromatic N) is 2. The van der Waals surface area contributed by atoms with E-state index in [9.17, 15) is 8.42 Å². The van der Waals surface area contributed by atoms with Crippen LogP contribution in [0.25, 0.3) is 0 Å². The predicted molar refractivity (Wildman–Crippen MR) is 98.6 cm³/mol. The number of rotatable bonds is 5. The highest BCUT2D eigenvalue weighted by Crippen LogP contribution is 2.21. The molecule has 0 spiro atoms. The third kappa shape index (κ3) is 3.96. The number of benzene rings is 1. The fourth-order valence-electron chi connectivity index (χ4n) is 2.81. The number of hydrogen-bond donors (Lipinski definition) is 1. The Hall–Kier alpha value is -1.44. The Morgan fingerprint density at radius 1 is 1.21 bits per heavy atom.